The second-order valence-electron chi connectivity index (χ2n) is 6.85. The zero-order valence-electron chi connectivity index (χ0n) is 18.8. The van der Waals surface area contributed by atoms with Gasteiger partial charge in [0.1, 0.15) is 5.82 Å². The van der Waals surface area contributed by atoms with E-state index in [9.17, 15) is 8.42 Å². The van der Waals surface area contributed by atoms with Gasteiger partial charge in [-0.25, -0.2) is 23.4 Å². The molecule has 0 amide bonds. The summed E-state index contributed by atoms with van der Waals surface area (Å²) in [6.07, 6.45) is 4.44. The Kier molecular flexibility index (Phi) is 7.17. The Morgan fingerprint density at radius 3 is 2.17 bits per heavy atom. The van der Waals surface area contributed by atoms with Crippen LogP contribution in [0.25, 0.3) is 22.4 Å². The average molecular weight is 491 g/mol. The third kappa shape index (κ3) is 5.89. The maximum absolute atomic E-state index is 12.9. The number of hydrogen-bond acceptors (Lipinski definition) is 9. The lowest BCUT2D eigenvalue weighted by Crippen LogP contribution is -2.03. The largest absolute Gasteiger partial charge is 0.493 e. The molecule has 0 radical (unpaired) electrons. The lowest BCUT2D eigenvalue weighted by molar-refractivity contribution is 0.348. The van der Waals surface area contributed by atoms with E-state index >= 15 is 0 Å². The summed E-state index contributed by atoms with van der Waals surface area (Å²) in [7, 11) is -1.30. The molecule has 0 aliphatic rings. The highest BCUT2D eigenvalue weighted by atomic mass is 32.2. The number of benzene rings is 2. The van der Waals surface area contributed by atoms with E-state index in [1.54, 1.807) is 54.6 Å². The predicted octanol–water partition coefficient (Wildman–Crippen LogP) is 4.75. The maximum Gasteiger partial charge on any atom is 0.257 e. The van der Waals surface area contributed by atoms with E-state index in [0.29, 0.717) is 11.3 Å². The topological polar surface area (TPSA) is 127 Å². The summed E-state index contributed by atoms with van der Waals surface area (Å²) in [5.74, 6) is 0.391. The van der Waals surface area contributed by atoms with Crippen molar-refractivity contribution >= 4 is 21.9 Å². The van der Waals surface area contributed by atoms with Crippen LogP contribution < -0.4 is 14.2 Å². The lowest BCUT2D eigenvalue weighted by atomic mass is 10.2. The molecule has 2 heterocycles. The molecule has 0 saturated heterocycles. The smallest absolute Gasteiger partial charge is 0.257 e. The van der Waals surface area contributed by atoms with Crippen LogP contribution in [0, 0.1) is 0 Å². The van der Waals surface area contributed by atoms with Crippen LogP contribution in [0.4, 0.5) is 5.82 Å². The zero-order valence-corrected chi connectivity index (χ0v) is 19.6. The summed E-state index contributed by atoms with van der Waals surface area (Å²) in [6.45, 7) is 0. The minimum absolute atomic E-state index is 0.0100. The number of ether oxygens (including phenoxy) is 3. The summed E-state index contributed by atoms with van der Waals surface area (Å²) < 4.78 is 46.3. The summed E-state index contributed by atoms with van der Waals surface area (Å²) in [6, 6.07) is 17.4. The molecule has 0 atom stereocenters. The van der Waals surface area contributed by atoms with Crippen LogP contribution in [0.2, 0.25) is 0 Å². The molecule has 2 aromatic heterocycles. The van der Waals surface area contributed by atoms with E-state index in [4.69, 9.17) is 14.2 Å². The fourth-order valence-electron chi connectivity index (χ4n) is 2.92. The van der Waals surface area contributed by atoms with Gasteiger partial charge in [0.05, 0.1) is 14.2 Å². The van der Waals surface area contributed by atoms with E-state index in [-0.39, 0.29) is 34.8 Å². The normalized spacial score (nSPS) is 11.3. The first kappa shape index (κ1) is 23.6. The summed E-state index contributed by atoms with van der Waals surface area (Å²) in [5.41, 5.74) is 0.690. The highest BCUT2D eigenvalue weighted by Gasteiger charge is 2.17. The van der Waals surface area contributed by atoms with Crippen LogP contribution in [0.5, 0.6) is 23.1 Å². The third-order valence-corrected chi connectivity index (χ3v) is 5.41. The number of aromatic nitrogens is 4. The van der Waals surface area contributed by atoms with Gasteiger partial charge in [0.15, 0.2) is 33.1 Å². The van der Waals surface area contributed by atoms with Gasteiger partial charge in [-0.2, -0.15) is 0 Å². The molecule has 4 rings (SSSR count). The first-order valence-corrected chi connectivity index (χ1v) is 11.7. The third-order valence-electron chi connectivity index (χ3n) is 4.50. The van der Waals surface area contributed by atoms with Crippen molar-refractivity contribution in [3.63, 3.8) is 0 Å². The Bertz CT molecular complexity index is 1430. The van der Waals surface area contributed by atoms with Crippen molar-refractivity contribution in [3.8, 4) is 34.8 Å². The quantitative estimate of drug-likeness (QED) is 0.326. The van der Waals surface area contributed by atoms with E-state index in [1.807, 2.05) is 6.07 Å². The molecule has 35 heavy (non-hydrogen) atoms. The molecular formula is C24H20N5O5S-. The van der Waals surface area contributed by atoms with E-state index in [2.05, 4.69) is 24.7 Å². The molecule has 178 valence electrons. The van der Waals surface area contributed by atoms with Crippen LogP contribution in [0.15, 0.2) is 78.5 Å². The van der Waals surface area contributed by atoms with Crippen molar-refractivity contribution < 1.29 is 22.6 Å². The van der Waals surface area contributed by atoms with E-state index in [1.165, 1.54) is 32.7 Å². The Morgan fingerprint density at radius 1 is 0.800 bits per heavy atom. The Morgan fingerprint density at radius 2 is 1.49 bits per heavy atom. The minimum Gasteiger partial charge on any atom is -0.493 e. The molecule has 0 aliphatic carbocycles. The first-order chi connectivity index (χ1) is 17.0. The molecule has 11 heteroatoms. The van der Waals surface area contributed by atoms with Gasteiger partial charge in [0.25, 0.3) is 5.88 Å². The van der Waals surface area contributed by atoms with Gasteiger partial charge in [-0.05, 0) is 29.8 Å². The molecule has 0 bridgehead atoms. The molecule has 0 fully saturated rings. The van der Waals surface area contributed by atoms with Crippen LogP contribution in [-0.2, 0) is 10.0 Å². The highest BCUT2D eigenvalue weighted by Crippen LogP contribution is 2.44. The number of sulfonamides is 1. The number of rotatable bonds is 9. The van der Waals surface area contributed by atoms with Gasteiger partial charge in [0, 0.05) is 23.6 Å². The van der Waals surface area contributed by atoms with Crippen LogP contribution in [0.3, 0.4) is 0 Å². The number of methoxy groups -OCH3 is 2. The SMILES string of the molecule is COc1ccccc1Oc1c([N-]S(=O)(=O)/C=C/c2ccccc2)nc(-c2ncccn2)nc1OC. The first-order valence-electron chi connectivity index (χ1n) is 10.2. The van der Waals surface area contributed by atoms with Crippen LogP contribution >= 0.6 is 0 Å². The molecule has 0 spiro atoms. The second kappa shape index (κ2) is 10.6. The van der Waals surface area contributed by atoms with Gasteiger partial charge in [0.2, 0.25) is 0 Å². The number of hydrogen-bond donors (Lipinski definition) is 0. The van der Waals surface area contributed by atoms with Crippen molar-refractivity contribution in [3.05, 3.63) is 88.8 Å². The van der Waals surface area contributed by atoms with Gasteiger partial charge in [-0.15, -0.1) is 0 Å². The van der Waals surface area contributed by atoms with Crippen molar-refractivity contribution in [2.24, 2.45) is 0 Å². The fraction of sp³-hybridized carbons (Fsp3) is 0.0833. The van der Waals surface area contributed by atoms with Crippen molar-refractivity contribution in [2.75, 3.05) is 14.2 Å². The molecule has 0 saturated carbocycles. The summed E-state index contributed by atoms with van der Waals surface area (Å²) in [4.78, 5) is 16.8. The van der Waals surface area contributed by atoms with Crippen LogP contribution in [-0.4, -0.2) is 42.6 Å². The summed E-state index contributed by atoms with van der Waals surface area (Å²) in [5, 5.41) is 0.975. The zero-order chi connectivity index (χ0) is 24.7. The van der Waals surface area contributed by atoms with Crippen molar-refractivity contribution in [2.45, 2.75) is 0 Å². The second-order valence-corrected chi connectivity index (χ2v) is 8.34. The standard InChI is InChI=1S/C24H20N5O5S/c1-32-18-11-6-7-12-19(18)34-20-21(29-35(30,31)16-13-17-9-4-3-5-10-17)27-23(28-24(20)33-2)22-25-14-8-15-26-22/h3-16H,1-2H3/q-1/b16-13+. The molecule has 0 aliphatic heterocycles. The van der Waals surface area contributed by atoms with Gasteiger partial charge >= 0.3 is 0 Å². The maximum atomic E-state index is 12.9. The molecule has 10 nitrogen and oxygen atoms in total. The van der Waals surface area contributed by atoms with Gasteiger partial charge < -0.3 is 23.9 Å². The molecular weight excluding hydrogens is 470 g/mol. The van der Waals surface area contributed by atoms with Gasteiger partial charge in [-0.1, -0.05) is 42.5 Å². The average Bonchev–Trinajstić information content (AvgIpc) is 2.89. The highest BCUT2D eigenvalue weighted by molar-refractivity contribution is 7.97. The molecule has 4 aromatic rings. The number of nitrogens with zero attached hydrogens (tertiary/aromatic N) is 5. The van der Waals surface area contributed by atoms with Crippen molar-refractivity contribution in [1.82, 2.24) is 19.9 Å². The molecule has 0 N–H and O–H groups in total. The van der Waals surface area contributed by atoms with E-state index in [0.717, 1.165) is 5.41 Å². The van der Waals surface area contributed by atoms with Gasteiger partial charge in [-0.3, -0.25) is 0 Å². The van der Waals surface area contributed by atoms with Crippen LogP contribution in [0.1, 0.15) is 5.56 Å². The fourth-order valence-corrected chi connectivity index (χ4v) is 3.67. The Labute approximate surface area is 202 Å². The van der Waals surface area contributed by atoms with E-state index < -0.39 is 10.0 Å². The number of para-hydroxylation sites is 2. The predicted molar refractivity (Wildman–Crippen MR) is 130 cm³/mol. The lowest BCUT2D eigenvalue weighted by Gasteiger charge is -2.22. The Balaban J connectivity index is 1.79. The molecule has 2 aromatic carbocycles. The Hall–Kier alpha value is -4.51. The molecule has 0 unspecified atom stereocenters. The monoisotopic (exact) mass is 490 g/mol. The minimum atomic E-state index is -4.14. The summed E-state index contributed by atoms with van der Waals surface area (Å²) >= 11 is 0. The van der Waals surface area contributed by atoms with Crippen molar-refractivity contribution in [1.29, 1.82) is 0 Å².